The summed E-state index contributed by atoms with van der Waals surface area (Å²) < 4.78 is 24.9. The van der Waals surface area contributed by atoms with Crippen LogP contribution in [0.3, 0.4) is 0 Å². The average Bonchev–Trinajstić information content (AvgIpc) is 2.79. The Kier molecular flexibility index (Phi) is 9.58. The highest BCUT2D eigenvalue weighted by atomic mass is 19.1. The smallest absolute Gasteiger partial charge is 0.323 e. The molecule has 0 saturated heterocycles. The molecule has 0 atom stereocenters. The van der Waals surface area contributed by atoms with E-state index in [2.05, 4.69) is 21.3 Å². The standard InChI is InChI=1S/C23H27FN4O4/c1-4-7-17(31-2)8-6-15-25-22(29)27-19-9-5-10-20(21(19)24)28-23(30)26-16-11-13-18(32-3)14-12-16/h5-14H,4,15H2,1-3H3,(H2,25,27,29)(H2,26,28,30). The van der Waals surface area contributed by atoms with Crippen molar-refractivity contribution in [1.82, 2.24) is 5.32 Å². The van der Waals surface area contributed by atoms with E-state index in [-0.39, 0.29) is 17.9 Å². The van der Waals surface area contributed by atoms with Gasteiger partial charge in [0.2, 0.25) is 0 Å². The van der Waals surface area contributed by atoms with Crippen molar-refractivity contribution in [3.8, 4) is 5.75 Å². The molecule has 0 heterocycles. The number of hydrogen-bond donors (Lipinski definition) is 4. The lowest BCUT2D eigenvalue weighted by Gasteiger charge is -2.12. The Hall–Kier alpha value is -4.01. The summed E-state index contributed by atoms with van der Waals surface area (Å²) >= 11 is 0. The Balaban J connectivity index is 1.91. The highest BCUT2D eigenvalue weighted by molar-refractivity contribution is 6.00. The number of carbonyl (C=O) groups is 2. The van der Waals surface area contributed by atoms with E-state index < -0.39 is 17.9 Å². The van der Waals surface area contributed by atoms with Crippen LogP contribution in [0.1, 0.15) is 13.3 Å². The van der Waals surface area contributed by atoms with E-state index in [1.165, 1.54) is 25.3 Å². The van der Waals surface area contributed by atoms with Gasteiger partial charge in [-0.1, -0.05) is 19.1 Å². The average molecular weight is 442 g/mol. The molecule has 2 aromatic rings. The van der Waals surface area contributed by atoms with Crippen LogP contribution < -0.4 is 26.0 Å². The molecule has 0 aliphatic heterocycles. The highest BCUT2D eigenvalue weighted by Crippen LogP contribution is 2.23. The molecule has 0 aliphatic rings. The maximum atomic E-state index is 14.7. The minimum absolute atomic E-state index is 0.0720. The lowest BCUT2D eigenvalue weighted by atomic mass is 10.2. The van der Waals surface area contributed by atoms with Gasteiger partial charge in [0.1, 0.15) is 11.5 Å². The summed E-state index contributed by atoms with van der Waals surface area (Å²) in [6.07, 6.45) is 6.16. The van der Waals surface area contributed by atoms with Gasteiger partial charge in [0, 0.05) is 12.2 Å². The van der Waals surface area contributed by atoms with Crippen LogP contribution in [-0.2, 0) is 4.74 Å². The van der Waals surface area contributed by atoms with Crippen LogP contribution in [0.15, 0.2) is 66.5 Å². The van der Waals surface area contributed by atoms with Gasteiger partial charge in [0.25, 0.3) is 0 Å². The number of benzene rings is 2. The third-order valence-corrected chi connectivity index (χ3v) is 4.15. The topological polar surface area (TPSA) is 101 Å². The molecule has 0 unspecified atom stereocenters. The zero-order valence-electron chi connectivity index (χ0n) is 18.2. The zero-order valence-corrected chi connectivity index (χ0v) is 18.2. The van der Waals surface area contributed by atoms with Crippen molar-refractivity contribution in [3.63, 3.8) is 0 Å². The van der Waals surface area contributed by atoms with Gasteiger partial charge in [-0.25, -0.2) is 14.0 Å². The third kappa shape index (κ3) is 7.67. The number of carbonyl (C=O) groups excluding carboxylic acids is 2. The van der Waals surface area contributed by atoms with Crippen molar-refractivity contribution in [2.45, 2.75) is 13.3 Å². The summed E-state index contributed by atoms with van der Waals surface area (Å²) in [6.45, 7) is 2.21. The second-order valence-corrected chi connectivity index (χ2v) is 6.43. The van der Waals surface area contributed by atoms with E-state index in [1.807, 2.05) is 13.0 Å². The number of rotatable bonds is 9. The predicted octanol–water partition coefficient (Wildman–Crippen LogP) is 5.10. The molecule has 0 spiro atoms. The molecule has 0 aliphatic carbocycles. The van der Waals surface area contributed by atoms with Crippen LogP contribution in [0.4, 0.5) is 31.0 Å². The monoisotopic (exact) mass is 442 g/mol. The fourth-order valence-corrected chi connectivity index (χ4v) is 2.60. The molecular weight excluding hydrogens is 415 g/mol. The highest BCUT2D eigenvalue weighted by Gasteiger charge is 2.13. The number of amides is 4. The summed E-state index contributed by atoms with van der Waals surface area (Å²) in [7, 11) is 3.10. The summed E-state index contributed by atoms with van der Waals surface area (Å²) in [5.41, 5.74) is 0.358. The number of allylic oxidation sites excluding steroid dienone is 2. The normalized spacial score (nSPS) is 11.1. The van der Waals surface area contributed by atoms with E-state index in [9.17, 15) is 14.0 Å². The number of hydrogen-bond acceptors (Lipinski definition) is 4. The largest absolute Gasteiger partial charge is 0.497 e. The second-order valence-electron chi connectivity index (χ2n) is 6.43. The molecular formula is C23H27FN4O4. The van der Waals surface area contributed by atoms with E-state index in [0.717, 1.165) is 6.42 Å². The molecule has 0 aromatic heterocycles. The summed E-state index contributed by atoms with van der Waals surface area (Å²) in [6, 6.07) is 9.75. The van der Waals surface area contributed by atoms with Gasteiger partial charge in [-0.3, -0.25) is 0 Å². The van der Waals surface area contributed by atoms with Gasteiger partial charge in [-0.2, -0.15) is 0 Å². The quantitative estimate of drug-likeness (QED) is 0.321. The van der Waals surface area contributed by atoms with Gasteiger partial charge in [0.05, 0.1) is 25.6 Å². The lowest BCUT2D eigenvalue weighted by Crippen LogP contribution is -2.29. The molecule has 0 fully saturated rings. The molecule has 2 rings (SSSR count). The van der Waals surface area contributed by atoms with E-state index in [1.54, 1.807) is 43.5 Å². The SMILES string of the molecule is CCC=C(C=CCNC(=O)Nc1cccc(NC(=O)Nc2ccc(OC)cc2)c1F)OC. The van der Waals surface area contributed by atoms with E-state index in [4.69, 9.17) is 9.47 Å². The Morgan fingerprint density at radius 3 is 2.22 bits per heavy atom. The van der Waals surface area contributed by atoms with Gasteiger partial charge < -0.3 is 30.7 Å². The van der Waals surface area contributed by atoms with Crippen LogP contribution in [-0.4, -0.2) is 32.8 Å². The Morgan fingerprint density at radius 1 is 0.969 bits per heavy atom. The number of halogens is 1. The van der Waals surface area contributed by atoms with Gasteiger partial charge in [-0.15, -0.1) is 0 Å². The van der Waals surface area contributed by atoms with Crippen molar-refractivity contribution in [3.05, 3.63) is 72.3 Å². The molecule has 170 valence electrons. The Morgan fingerprint density at radius 2 is 1.62 bits per heavy atom. The number of methoxy groups -OCH3 is 2. The number of ether oxygens (including phenoxy) is 2. The van der Waals surface area contributed by atoms with Crippen molar-refractivity contribution in [2.75, 3.05) is 36.7 Å². The zero-order chi connectivity index (χ0) is 23.3. The number of anilines is 3. The maximum absolute atomic E-state index is 14.7. The van der Waals surface area contributed by atoms with Crippen LogP contribution in [0, 0.1) is 5.82 Å². The lowest BCUT2D eigenvalue weighted by molar-refractivity contribution is 0.253. The van der Waals surface area contributed by atoms with E-state index >= 15 is 0 Å². The number of nitrogens with one attached hydrogen (secondary N) is 4. The van der Waals surface area contributed by atoms with Crippen molar-refractivity contribution < 1.29 is 23.5 Å². The molecule has 2 aromatic carbocycles. The maximum Gasteiger partial charge on any atom is 0.323 e. The summed E-state index contributed by atoms with van der Waals surface area (Å²) in [5.74, 6) is 0.564. The number of urea groups is 2. The molecule has 0 radical (unpaired) electrons. The van der Waals surface area contributed by atoms with Crippen LogP contribution in [0.5, 0.6) is 5.75 Å². The van der Waals surface area contributed by atoms with Gasteiger partial charge >= 0.3 is 12.1 Å². The van der Waals surface area contributed by atoms with Crippen molar-refractivity contribution in [1.29, 1.82) is 0 Å². The first-order valence-electron chi connectivity index (χ1n) is 9.93. The molecule has 4 amide bonds. The van der Waals surface area contributed by atoms with Gasteiger partial charge in [-0.05, 0) is 55.0 Å². The van der Waals surface area contributed by atoms with Crippen LogP contribution >= 0.6 is 0 Å². The molecule has 8 nitrogen and oxygen atoms in total. The molecule has 9 heteroatoms. The molecule has 4 N–H and O–H groups in total. The third-order valence-electron chi connectivity index (χ3n) is 4.15. The van der Waals surface area contributed by atoms with E-state index in [0.29, 0.717) is 17.2 Å². The first-order chi connectivity index (χ1) is 15.5. The molecule has 0 bridgehead atoms. The Labute approximate surface area is 186 Å². The van der Waals surface area contributed by atoms with Gasteiger partial charge in [0.15, 0.2) is 5.82 Å². The predicted molar refractivity (Wildman–Crippen MR) is 124 cm³/mol. The minimum atomic E-state index is -0.768. The van der Waals surface area contributed by atoms with Crippen molar-refractivity contribution >= 4 is 29.1 Å². The minimum Gasteiger partial charge on any atom is -0.497 e. The molecule has 0 saturated carbocycles. The fourth-order valence-electron chi connectivity index (χ4n) is 2.60. The summed E-state index contributed by atoms with van der Waals surface area (Å²) in [5, 5.41) is 10.0. The van der Waals surface area contributed by atoms with Crippen molar-refractivity contribution in [2.24, 2.45) is 0 Å². The van der Waals surface area contributed by atoms with Crippen LogP contribution in [0.2, 0.25) is 0 Å². The first-order valence-corrected chi connectivity index (χ1v) is 9.93. The Bertz CT molecular complexity index is 974. The second kappa shape index (κ2) is 12.6. The van der Waals surface area contributed by atoms with Crippen LogP contribution in [0.25, 0.3) is 0 Å². The fraction of sp³-hybridized carbons (Fsp3) is 0.217. The summed E-state index contributed by atoms with van der Waals surface area (Å²) in [4.78, 5) is 24.2. The first kappa shape index (κ1) is 24.3. The molecule has 32 heavy (non-hydrogen) atoms.